The predicted octanol–water partition coefficient (Wildman–Crippen LogP) is 3.37. The van der Waals surface area contributed by atoms with Crippen LogP contribution in [-0.4, -0.2) is 85.2 Å². The van der Waals surface area contributed by atoms with Gasteiger partial charge in [-0.15, -0.1) is 0 Å². The number of nitrogens with zero attached hydrogens (tertiary/aromatic N) is 3. The van der Waals surface area contributed by atoms with Crippen LogP contribution in [0.3, 0.4) is 0 Å². The minimum absolute atomic E-state index is 0.0461. The molecule has 2 aliphatic rings. The van der Waals surface area contributed by atoms with E-state index < -0.39 is 12.0 Å². The number of esters is 1. The summed E-state index contributed by atoms with van der Waals surface area (Å²) in [6.07, 6.45) is 1.70. The molecular formula is C25H36ClN5O4. The van der Waals surface area contributed by atoms with Crippen molar-refractivity contribution in [1.29, 1.82) is 0 Å². The highest BCUT2D eigenvalue weighted by atomic mass is 35.5. The van der Waals surface area contributed by atoms with Gasteiger partial charge in [0.2, 0.25) is 0 Å². The lowest BCUT2D eigenvalue weighted by Crippen LogP contribution is -2.51. The van der Waals surface area contributed by atoms with Crippen LogP contribution in [0.1, 0.15) is 45.2 Å². The SMILES string of the molecule is CCCNC(=O)N1CCCN(CC2=C(C(=O)OCC)[C@H](c3ccc(Cl)cc3)NC(=O)N2CC)CC1. The van der Waals surface area contributed by atoms with Crippen LogP contribution in [0.25, 0.3) is 0 Å². The molecule has 3 rings (SSSR count). The summed E-state index contributed by atoms with van der Waals surface area (Å²) in [6.45, 7) is 10.0. The van der Waals surface area contributed by atoms with E-state index >= 15 is 0 Å². The standard InChI is InChI=1S/C25H36ClN5O4/c1-4-12-27-24(33)30-14-7-13-29(15-16-30)17-20-21(23(32)35-6-3)22(28-25(34)31(20)5-2)18-8-10-19(26)11-9-18/h8-11,22H,4-7,12-17H2,1-3H3,(H,27,33)(H,28,34)/t22-/m0/s1. The van der Waals surface area contributed by atoms with Crippen LogP contribution >= 0.6 is 11.6 Å². The van der Waals surface area contributed by atoms with Crippen LogP contribution in [0, 0.1) is 0 Å². The molecule has 0 bridgehead atoms. The van der Waals surface area contributed by atoms with E-state index in [0.29, 0.717) is 55.6 Å². The van der Waals surface area contributed by atoms with E-state index in [4.69, 9.17) is 16.3 Å². The molecule has 1 aromatic carbocycles. The molecule has 1 saturated heterocycles. The summed E-state index contributed by atoms with van der Waals surface area (Å²) in [4.78, 5) is 44.4. The number of likely N-dealkylation sites (N-methyl/N-ethyl adjacent to an activating group) is 1. The minimum atomic E-state index is -0.639. The van der Waals surface area contributed by atoms with Gasteiger partial charge in [-0.1, -0.05) is 30.7 Å². The molecule has 0 unspecified atom stereocenters. The van der Waals surface area contributed by atoms with Gasteiger partial charge >= 0.3 is 18.0 Å². The maximum atomic E-state index is 13.2. The summed E-state index contributed by atoms with van der Waals surface area (Å²) >= 11 is 6.07. The number of ether oxygens (including phenoxy) is 1. The molecule has 2 N–H and O–H groups in total. The van der Waals surface area contributed by atoms with Crippen molar-refractivity contribution >= 4 is 29.6 Å². The normalized spacial score (nSPS) is 19.3. The van der Waals surface area contributed by atoms with Crippen LogP contribution in [0.2, 0.25) is 5.02 Å². The van der Waals surface area contributed by atoms with Crippen molar-refractivity contribution in [2.24, 2.45) is 0 Å². The van der Waals surface area contributed by atoms with Crippen molar-refractivity contribution < 1.29 is 19.1 Å². The average molecular weight is 506 g/mol. The first-order valence-electron chi connectivity index (χ1n) is 12.4. The van der Waals surface area contributed by atoms with Gasteiger partial charge in [0, 0.05) is 56.5 Å². The molecular weight excluding hydrogens is 470 g/mol. The van der Waals surface area contributed by atoms with Crippen molar-refractivity contribution in [3.63, 3.8) is 0 Å². The quantitative estimate of drug-likeness (QED) is 0.528. The van der Waals surface area contributed by atoms with E-state index in [1.54, 1.807) is 24.0 Å². The second-order valence-corrected chi connectivity index (χ2v) is 9.04. The monoisotopic (exact) mass is 505 g/mol. The van der Waals surface area contributed by atoms with Gasteiger partial charge in [-0.3, -0.25) is 9.80 Å². The highest BCUT2D eigenvalue weighted by molar-refractivity contribution is 6.30. The van der Waals surface area contributed by atoms with E-state index in [2.05, 4.69) is 15.5 Å². The molecule has 9 nitrogen and oxygen atoms in total. The second-order valence-electron chi connectivity index (χ2n) is 8.61. The zero-order valence-electron chi connectivity index (χ0n) is 20.8. The van der Waals surface area contributed by atoms with Crippen molar-refractivity contribution in [2.45, 2.75) is 39.7 Å². The highest BCUT2D eigenvalue weighted by Gasteiger charge is 2.38. The van der Waals surface area contributed by atoms with Gasteiger partial charge in [-0.2, -0.15) is 0 Å². The van der Waals surface area contributed by atoms with Gasteiger partial charge in [-0.05, 0) is 44.4 Å². The van der Waals surface area contributed by atoms with E-state index in [-0.39, 0.29) is 18.7 Å². The molecule has 0 aliphatic carbocycles. The summed E-state index contributed by atoms with van der Waals surface area (Å²) < 4.78 is 5.43. The van der Waals surface area contributed by atoms with Crippen molar-refractivity contribution in [2.75, 3.05) is 52.4 Å². The third-order valence-electron chi connectivity index (χ3n) is 6.23. The third kappa shape index (κ3) is 6.67. The third-order valence-corrected chi connectivity index (χ3v) is 6.48. The fourth-order valence-corrected chi connectivity index (χ4v) is 4.58. The van der Waals surface area contributed by atoms with Gasteiger partial charge in [0.15, 0.2) is 0 Å². The maximum Gasteiger partial charge on any atom is 0.338 e. The molecule has 2 aliphatic heterocycles. The fourth-order valence-electron chi connectivity index (χ4n) is 4.45. The van der Waals surface area contributed by atoms with Gasteiger partial charge in [0.05, 0.1) is 18.2 Å². The Hall–Kier alpha value is -2.78. The summed E-state index contributed by atoms with van der Waals surface area (Å²) in [5.41, 5.74) is 1.82. The maximum absolute atomic E-state index is 13.2. The first kappa shape index (κ1) is 26.8. The molecule has 1 atom stereocenters. The molecule has 1 aromatic rings. The lowest BCUT2D eigenvalue weighted by molar-refractivity contribution is -0.139. The Morgan fingerprint density at radius 2 is 1.86 bits per heavy atom. The lowest BCUT2D eigenvalue weighted by Gasteiger charge is -2.38. The Balaban J connectivity index is 1.91. The van der Waals surface area contributed by atoms with Crippen molar-refractivity contribution in [1.82, 2.24) is 25.3 Å². The highest BCUT2D eigenvalue weighted by Crippen LogP contribution is 2.32. The number of carbonyl (C=O) groups excluding carboxylic acids is 3. The van der Waals surface area contributed by atoms with E-state index in [1.807, 2.05) is 30.9 Å². The Bertz CT molecular complexity index is 936. The summed E-state index contributed by atoms with van der Waals surface area (Å²) in [5, 5.41) is 6.48. The smallest absolute Gasteiger partial charge is 0.338 e. The molecule has 192 valence electrons. The van der Waals surface area contributed by atoms with Crippen LogP contribution in [-0.2, 0) is 9.53 Å². The van der Waals surface area contributed by atoms with E-state index in [0.717, 1.165) is 24.9 Å². The number of halogens is 1. The summed E-state index contributed by atoms with van der Waals surface area (Å²) in [5.74, 6) is -0.448. The van der Waals surface area contributed by atoms with Gasteiger partial charge < -0.3 is 20.3 Å². The average Bonchev–Trinajstić information content (AvgIpc) is 3.08. The van der Waals surface area contributed by atoms with Gasteiger partial charge in [-0.25, -0.2) is 14.4 Å². The number of hydrogen-bond donors (Lipinski definition) is 2. The number of rotatable bonds is 8. The Labute approximate surface area is 212 Å². The number of urea groups is 2. The molecule has 10 heteroatoms. The van der Waals surface area contributed by atoms with Crippen LogP contribution in [0.15, 0.2) is 35.5 Å². The lowest BCUT2D eigenvalue weighted by atomic mass is 9.94. The molecule has 1 fully saturated rings. The van der Waals surface area contributed by atoms with E-state index in [1.165, 1.54) is 0 Å². The molecule has 2 heterocycles. The minimum Gasteiger partial charge on any atom is -0.463 e. The van der Waals surface area contributed by atoms with E-state index in [9.17, 15) is 14.4 Å². The van der Waals surface area contributed by atoms with Crippen molar-refractivity contribution in [3.05, 3.63) is 46.1 Å². The van der Waals surface area contributed by atoms with Gasteiger partial charge in [0.1, 0.15) is 0 Å². The first-order valence-corrected chi connectivity index (χ1v) is 12.8. The molecule has 4 amide bonds. The topological polar surface area (TPSA) is 94.2 Å². The molecule has 0 aromatic heterocycles. The predicted molar refractivity (Wildman–Crippen MR) is 135 cm³/mol. The fraction of sp³-hybridized carbons (Fsp3) is 0.560. The number of carbonyl (C=O) groups is 3. The molecule has 0 spiro atoms. The number of hydrogen-bond acceptors (Lipinski definition) is 5. The molecule has 35 heavy (non-hydrogen) atoms. The van der Waals surface area contributed by atoms with Crippen LogP contribution in [0.4, 0.5) is 9.59 Å². The molecule has 0 saturated carbocycles. The summed E-state index contributed by atoms with van der Waals surface area (Å²) in [7, 11) is 0. The first-order chi connectivity index (χ1) is 16.9. The second kappa shape index (κ2) is 12.8. The number of nitrogens with one attached hydrogen (secondary N) is 2. The Morgan fingerprint density at radius 3 is 2.51 bits per heavy atom. The largest absolute Gasteiger partial charge is 0.463 e. The zero-order valence-corrected chi connectivity index (χ0v) is 21.6. The van der Waals surface area contributed by atoms with Crippen molar-refractivity contribution in [3.8, 4) is 0 Å². The summed E-state index contributed by atoms with van der Waals surface area (Å²) in [6, 6.07) is 6.16. The van der Waals surface area contributed by atoms with Crippen LogP contribution in [0.5, 0.6) is 0 Å². The molecule has 0 radical (unpaired) electrons. The zero-order chi connectivity index (χ0) is 25.4. The van der Waals surface area contributed by atoms with Gasteiger partial charge in [0.25, 0.3) is 0 Å². The Morgan fingerprint density at radius 1 is 1.11 bits per heavy atom. The number of benzene rings is 1. The number of amides is 4. The van der Waals surface area contributed by atoms with Crippen LogP contribution < -0.4 is 10.6 Å². The Kier molecular flexibility index (Phi) is 9.80.